The molecule has 0 saturated heterocycles. The molecule has 0 radical (unpaired) electrons. The molecule has 4 rings (SSSR count). The molecule has 1 amide bonds. The maximum Gasteiger partial charge on any atom is 0.397 e. The van der Waals surface area contributed by atoms with Crippen molar-refractivity contribution in [1.29, 1.82) is 0 Å². The first-order valence-electron chi connectivity index (χ1n) is 8.87. The van der Waals surface area contributed by atoms with Gasteiger partial charge < -0.3 is 10.1 Å². The van der Waals surface area contributed by atoms with Crippen LogP contribution in [0.4, 0.5) is 5.82 Å². The minimum atomic E-state index is -0.970. The summed E-state index contributed by atoms with van der Waals surface area (Å²) in [4.78, 5) is 32.4. The average molecular weight is 391 g/mol. The number of carbonyl (C=O) groups excluding carboxylic acids is 2. The van der Waals surface area contributed by atoms with Crippen molar-refractivity contribution in [3.63, 3.8) is 0 Å². The van der Waals surface area contributed by atoms with Crippen LogP contribution in [0.1, 0.15) is 12.6 Å². The lowest BCUT2D eigenvalue weighted by molar-refractivity contribution is -0.152. The summed E-state index contributed by atoms with van der Waals surface area (Å²) >= 11 is 0. The van der Waals surface area contributed by atoms with Gasteiger partial charge in [-0.1, -0.05) is 18.2 Å². The standard InChI is InChI=1S/C19H17N7O3/c1-3-29-19(28)18(27)23-15-9-12(2)24-26(15)17-14-10-22-25(16(14)20-11-21-17)13-7-5-4-6-8-13/h4-11H,3H2,1-2H3,(H,23,27). The molecule has 0 unspecified atom stereocenters. The van der Waals surface area contributed by atoms with Crippen LogP contribution in [0.25, 0.3) is 22.5 Å². The van der Waals surface area contributed by atoms with E-state index in [1.54, 1.807) is 30.8 Å². The van der Waals surface area contributed by atoms with Crippen LogP contribution >= 0.6 is 0 Å². The Hall–Kier alpha value is -4.08. The van der Waals surface area contributed by atoms with Crippen LogP contribution in [0.5, 0.6) is 0 Å². The number of nitrogens with one attached hydrogen (secondary N) is 1. The summed E-state index contributed by atoms with van der Waals surface area (Å²) in [7, 11) is 0. The number of fused-ring (bicyclic) bond motifs is 1. The summed E-state index contributed by atoms with van der Waals surface area (Å²) in [5, 5.41) is 12.0. The van der Waals surface area contributed by atoms with Crippen molar-refractivity contribution in [2.24, 2.45) is 0 Å². The molecular formula is C19H17N7O3. The van der Waals surface area contributed by atoms with Gasteiger partial charge in [0.1, 0.15) is 12.1 Å². The van der Waals surface area contributed by atoms with Crippen molar-refractivity contribution in [3.05, 3.63) is 54.6 Å². The van der Waals surface area contributed by atoms with Gasteiger partial charge in [-0.05, 0) is 26.0 Å². The van der Waals surface area contributed by atoms with E-state index in [2.05, 4.69) is 25.5 Å². The molecule has 29 heavy (non-hydrogen) atoms. The molecule has 0 fully saturated rings. The Labute approximate surface area is 165 Å². The minimum absolute atomic E-state index is 0.107. The number of rotatable bonds is 4. The quantitative estimate of drug-likeness (QED) is 0.416. The third-order valence-corrected chi connectivity index (χ3v) is 4.08. The summed E-state index contributed by atoms with van der Waals surface area (Å²) in [5.41, 5.74) is 2.06. The van der Waals surface area contributed by atoms with E-state index in [1.807, 2.05) is 30.3 Å². The van der Waals surface area contributed by atoms with Gasteiger partial charge in [-0.15, -0.1) is 0 Å². The molecule has 0 aliphatic heterocycles. The summed E-state index contributed by atoms with van der Waals surface area (Å²) in [6.45, 7) is 3.50. The van der Waals surface area contributed by atoms with Gasteiger partial charge in [0.25, 0.3) is 0 Å². The molecule has 4 aromatic rings. The molecule has 0 atom stereocenters. The molecule has 0 aliphatic rings. The van der Waals surface area contributed by atoms with E-state index in [0.717, 1.165) is 5.69 Å². The van der Waals surface area contributed by atoms with Crippen molar-refractivity contribution in [2.75, 3.05) is 11.9 Å². The zero-order valence-corrected chi connectivity index (χ0v) is 15.7. The Bertz CT molecular complexity index is 1200. The van der Waals surface area contributed by atoms with E-state index in [0.29, 0.717) is 22.5 Å². The van der Waals surface area contributed by atoms with Crippen LogP contribution in [0.2, 0.25) is 0 Å². The SMILES string of the molecule is CCOC(=O)C(=O)Nc1cc(C)nn1-c1ncnc2c1cnn2-c1ccccc1. The highest BCUT2D eigenvalue weighted by Gasteiger charge is 2.20. The van der Waals surface area contributed by atoms with Crippen LogP contribution in [0.15, 0.2) is 48.9 Å². The molecule has 3 aromatic heterocycles. The summed E-state index contributed by atoms with van der Waals surface area (Å²) in [6, 6.07) is 11.2. The number of aryl methyl sites for hydroxylation is 1. The van der Waals surface area contributed by atoms with E-state index < -0.39 is 11.9 Å². The second-order valence-electron chi connectivity index (χ2n) is 6.08. The zero-order chi connectivity index (χ0) is 20.4. The first-order valence-corrected chi connectivity index (χ1v) is 8.87. The lowest BCUT2D eigenvalue weighted by atomic mass is 10.3. The number of hydrogen-bond donors (Lipinski definition) is 1. The van der Waals surface area contributed by atoms with Gasteiger partial charge in [0.15, 0.2) is 11.5 Å². The number of carbonyl (C=O) groups is 2. The summed E-state index contributed by atoms with van der Waals surface area (Å²) < 4.78 is 7.86. The summed E-state index contributed by atoms with van der Waals surface area (Å²) in [5.74, 6) is -1.15. The molecule has 0 spiro atoms. The van der Waals surface area contributed by atoms with Gasteiger partial charge in [-0.2, -0.15) is 14.9 Å². The number of nitrogens with zero attached hydrogens (tertiary/aromatic N) is 6. The molecule has 10 nitrogen and oxygen atoms in total. The Morgan fingerprint density at radius 1 is 1.14 bits per heavy atom. The van der Waals surface area contributed by atoms with Crippen molar-refractivity contribution in [2.45, 2.75) is 13.8 Å². The molecular weight excluding hydrogens is 374 g/mol. The topological polar surface area (TPSA) is 117 Å². The van der Waals surface area contributed by atoms with Crippen molar-refractivity contribution >= 4 is 28.7 Å². The van der Waals surface area contributed by atoms with Gasteiger partial charge >= 0.3 is 11.9 Å². The van der Waals surface area contributed by atoms with Gasteiger partial charge in [-0.25, -0.2) is 19.4 Å². The second kappa shape index (κ2) is 7.50. The smallest absolute Gasteiger partial charge is 0.397 e. The number of hydrogen-bond acceptors (Lipinski definition) is 7. The fraction of sp³-hybridized carbons (Fsp3) is 0.158. The Morgan fingerprint density at radius 2 is 1.93 bits per heavy atom. The molecule has 3 heterocycles. The Morgan fingerprint density at radius 3 is 2.69 bits per heavy atom. The number of esters is 1. The highest BCUT2D eigenvalue weighted by molar-refractivity contribution is 6.37. The van der Waals surface area contributed by atoms with Gasteiger partial charge in [0, 0.05) is 6.07 Å². The van der Waals surface area contributed by atoms with Crippen LogP contribution in [0, 0.1) is 6.92 Å². The molecule has 1 aromatic carbocycles. The van der Waals surface area contributed by atoms with E-state index in [4.69, 9.17) is 4.74 Å². The van der Waals surface area contributed by atoms with Crippen molar-refractivity contribution in [1.82, 2.24) is 29.5 Å². The van der Waals surface area contributed by atoms with Gasteiger partial charge in [-0.3, -0.25) is 4.79 Å². The highest BCUT2D eigenvalue weighted by atomic mass is 16.5. The van der Waals surface area contributed by atoms with E-state index in [-0.39, 0.29) is 12.4 Å². The number of benzene rings is 1. The predicted molar refractivity (Wildman–Crippen MR) is 104 cm³/mol. The van der Waals surface area contributed by atoms with Crippen molar-refractivity contribution in [3.8, 4) is 11.5 Å². The number of ether oxygens (including phenoxy) is 1. The van der Waals surface area contributed by atoms with Gasteiger partial charge in [0.2, 0.25) is 0 Å². The second-order valence-corrected chi connectivity index (χ2v) is 6.08. The van der Waals surface area contributed by atoms with E-state index in [9.17, 15) is 9.59 Å². The van der Waals surface area contributed by atoms with Crippen LogP contribution < -0.4 is 5.32 Å². The largest absolute Gasteiger partial charge is 0.459 e. The lowest BCUT2D eigenvalue weighted by Crippen LogP contribution is -2.26. The summed E-state index contributed by atoms with van der Waals surface area (Å²) in [6.07, 6.45) is 3.03. The van der Waals surface area contributed by atoms with Crippen molar-refractivity contribution < 1.29 is 14.3 Å². The van der Waals surface area contributed by atoms with Crippen LogP contribution in [0.3, 0.4) is 0 Å². The number of anilines is 1. The molecule has 1 N–H and O–H groups in total. The highest BCUT2D eigenvalue weighted by Crippen LogP contribution is 2.24. The number of para-hydroxylation sites is 1. The van der Waals surface area contributed by atoms with E-state index in [1.165, 1.54) is 11.0 Å². The number of amides is 1. The molecule has 0 aliphatic carbocycles. The lowest BCUT2D eigenvalue weighted by Gasteiger charge is -2.08. The maximum absolute atomic E-state index is 12.1. The fourth-order valence-electron chi connectivity index (χ4n) is 2.87. The monoisotopic (exact) mass is 391 g/mol. The average Bonchev–Trinajstić information content (AvgIpc) is 3.32. The third kappa shape index (κ3) is 3.43. The van der Waals surface area contributed by atoms with Crippen LogP contribution in [-0.2, 0) is 14.3 Å². The predicted octanol–water partition coefficient (Wildman–Crippen LogP) is 1.81. The first kappa shape index (κ1) is 18.3. The molecule has 0 bridgehead atoms. The van der Waals surface area contributed by atoms with E-state index >= 15 is 0 Å². The first-order chi connectivity index (χ1) is 14.1. The van der Waals surface area contributed by atoms with Crippen LogP contribution in [-0.4, -0.2) is 48.0 Å². The Kier molecular flexibility index (Phi) is 4.73. The molecule has 10 heteroatoms. The molecule has 0 saturated carbocycles. The Balaban J connectivity index is 1.77. The number of aromatic nitrogens is 6. The maximum atomic E-state index is 12.1. The van der Waals surface area contributed by atoms with Gasteiger partial charge in [0.05, 0.1) is 29.6 Å². The zero-order valence-electron chi connectivity index (χ0n) is 15.7. The normalized spacial score (nSPS) is 10.8. The fourth-order valence-corrected chi connectivity index (χ4v) is 2.87. The minimum Gasteiger partial charge on any atom is -0.459 e. The third-order valence-electron chi connectivity index (χ3n) is 4.08. The molecule has 146 valence electrons.